The van der Waals surface area contributed by atoms with Crippen LogP contribution in [0.4, 0.5) is 26.3 Å². The minimum atomic E-state index is -4.51. The summed E-state index contributed by atoms with van der Waals surface area (Å²) < 4.78 is 80.5. The van der Waals surface area contributed by atoms with E-state index in [0.29, 0.717) is 23.5 Å². The molecule has 0 radical (unpaired) electrons. The number of ether oxygens (including phenoxy) is 1. The van der Waals surface area contributed by atoms with Gasteiger partial charge in [0.2, 0.25) is 0 Å². The molecule has 37 heavy (non-hydrogen) atoms. The average Bonchev–Trinajstić information content (AvgIpc) is 2.84. The lowest BCUT2D eigenvalue weighted by molar-refractivity contribution is -0.122. The van der Waals surface area contributed by atoms with E-state index in [0.717, 1.165) is 0 Å². The second-order valence-corrected chi connectivity index (χ2v) is 7.85. The van der Waals surface area contributed by atoms with Gasteiger partial charge in [-0.2, -0.15) is 26.3 Å². The maximum absolute atomic E-state index is 12.5. The van der Waals surface area contributed by atoms with Crippen LogP contribution in [0.1, 0.15) is 18.1 Å². The summed E-state index contributed by atoms with van der Waals surface area (Å²) in [6, 6.07) is 14.8. The summed E-state index contributed by atoms with van der Waals surface area (Å²) in [5, 5.41) is 18.6. The number of nitrogens with zero attached hydrogens (tertiary/aromatic N) is 4. The Hall–Kier alpha value is -3.20. The van der Waals surface area contributed by atoms with Gasteiger partial charge >= 0.3 is 12.4 Å². The van der Waals surface area contributed by atoms with Gasteiger partial charge in [-0.05, 0) is 31.2 Å². The highest BCUT2D eigenvalue weighted by Crippen LogP contribution is 2.17. The molecule has 0 unspecified atom stereocenters. The molecule has 200 valence electrons. The maximum atomic E-state index is 12.5. The molecular formula is C22H22F6N6OS2. The van der Waals surface area contributed by atoms with Gasteiger partial charge in [-0.1, -0.05) is 30.3 Å². The fourth-order valence-electron chi connectivity index (χ4n) is 2.58. The maximum Gasteiger partial charge on any atom is 0.405 e. The number of halogens is 6. The zero-order valence-electron chi connectivity index (χ0n) is 19.2. The molecule has 0 fully saturated rings. The highest BCUT2D eigenvalue weighted by Gasteiger charge is 2.27. The summed E-state index contributed by atoms with van der Waals surface area (Å²) in [4.78, 5) is 0. The summed E-state index contributed by atoms with van der Waals surface area (Å²) in [7, 11) is 0. The SMILES string of the molecule is CCOc1ccc(C(=N\N=C(/S)NCC(F)(F)F)/C(=N/N=C(\S)NCC(F)(F)F)c2ccccc2)cc1. The standard InChI is InChI=1S/C22H22F6N6OS2/c1-2-35-16-10-8-15(9-11-16)18(32-34-20(37)30-13-22(26,27)28)17(14-6-4-3-5-7-14)31-33-19(36)29-12-21(23,24)25/h3-11H,2,12-13H2,1H3,(H2,29,33,36)(H2,30,34,37)/b31-17+,32-18+. The Balaban J connectivity index is 2.58. The molecule has 0 aliphatic heterocycles. The average molecular weight is 565 g/mol. The van der Waals surface area contributed by atoms with Crippen molar-refractivity contribution in [3.8, 4) is 5.75 Å². The fourth-order valence-corrected chi connectivity index (χ4v) is 2.83. The first-order chi connectivity index (χ1) is 17.4. The van der Waals surface area contributed by atoms with Gasteiger partial charge in [0.1, 0.15) is 30.3 Å². The smallest absolute Gasteiger partial charge is 0.405 e. The Morgan fingerprint density at radius 3 is 1.54 bits per heavy atom. The molecule has 0 aliphatic carbocycles. The molecule has 0 spiro atoms. The fraction of sp³-hybridized carbons (Fsp3) is 0.273. The molecule has 7 nitrogen and oxygen atoms in total. The third-order valence-electron chi connectivity index (χ3n) is 4.09. The van der Waals surface area contributed by atoms with Crippen LogP contribution in [-0.4, -0.2) is 53.8 Å². The number of thiol groups is 2. The lowest BCUT2D eigenvalue weighted by atomic mass is 10.00. The van der Waals surface area contributed by atoms with Gasteiger partial charge in [-0.25, -0.2) is 0 Å². The Bertz CT molecular complexity index is 1130. The molecule has 2 aromatic carbocycles. The molecule has 0 saturated heterocycles. The molecule has 0 aliphatic rings. The summed E-state index contributed by atoms with van der Waals surface area (Å²) in [6.07, 6.45) is -9.02. The van der Waals surface area contributed by atoms with Crippen molar-refractivity contribution in [1.29, 1.82) is 0 Å². The van der Waals surface area contributed by atoms with Crippen LogP contribution in [0.3, 0.4) is 0 Å². The van der Waals surface area contributed by atoms with Gasteiger partial charge in [0.25, 0.3) is 0 Å². The molecule has 2 N–H and O–H groups in total. The van der Waals surface area contributed by atoms with E-state index in [-0.39, 0.29) is 11.4 Å². The normalized spacial score (nSPS) is 14.0. The van der Waals surface area contributed by atoms with E-state index in [1.165, 1.54) is 0 Å². The van der Waals surface area contributed by atoms with E-state index in [9.17, 15) is 26.3 Å². The van der Waals surface area contributed by atoms with Gasteiger partial charge in [-0.15, -0.1) is 45.7 Å². The molecular weight excluding hydrogens is 542 g/mol. The van der Waals surface area contributed by atoms with Crippen LogP contribution in [0.15, 0.2) is 75.0 Å². The monoisotopic (exact) mass is 564 g/mol. The van der Waals surface area contributed by atoms with Crippen LogP contribution >= 0.6 is 25.3 Å². The summed E-state index contributed by atoms with van der Waals surface area (Å²) in [6.45, 7) is -0.554. The van der Waals surface area contributed by atoms with Crippen molar-refractivity contribution in [2.45, 2.75) is 19.3 Å². The lowest BCUT2D eigenvalue weighted by Gasteiger charge is -2.11. The van der Waals surface area contributed by atoms with Crippen LogP contribution < -0.4 is 15.4 Å². The van der Waals surface area contributed by atoms with Crippen LogP contribution in [-0.2, 0) is 0 Å². The quantitative estimate of drug-likeness (QED) is 0.113. The highest BCUT2D eigenvalue weighted by atomic mass is 32.1. The molecule has 0 amide bonds. The van der Waals surface area contributed by atoms with E-state index in [1.54, 1.807) is 61.5 Å². The molecule has 0 heterocycles. The van der Waals surface area contributed by atoms with E-state index in [1.807, 2.05) is 10.6 Å². The molecule has 2 aromatic rings. The number of nitrogens with one attached hydrogen (secondary N) is 2. The van der Waals surface area contributed by atoms with Gasteiger partial charge in [-0.3, -0.25) is 0 Å². The van der Waals surface area contributed by atoms with Crippen molar-refractivity contribution in [1.82, 2.24) is 10.6 Å². The third kappa shape index (κ3) is 11.6. The van der Waals surface area contributed by atoms with Gasteiger partial charge in [0, 0.05) is 11.1 Å². The molecule has 0 saturated carbocycles. The Morgan fingerprint density at radius 2 is 1.14 bits per heavy atom. The van der Waals surface area contributed by atoms with Gasteiger partial charge in [0.05, 0.1) is 6.61 Å². The number of alkyl halides is 6. The molecule has 0 atom stereocenters. The van der Waals surface area contributed by atoms with Crippen LogP contribution in [0.2, 0.25) is 0 Å². The largest absolute Gasteiger partial charge is 0.494 e. The van der Waals surface area contributed by atoms with E-state index in [4.69, 9.17) is 4.74 Å². The third-order valence-corrected chi connectivity index (χ3v) is 4.59. The van der Waals surface area contributed by atoms with E-state index >= 15 is 0 Å². The van der Waals surface area contributed by atoms with Crippen LogP contribution in [0, 0.1) is 0 Å². The first-order valence-electron chi connectivity index (χ1n) is 10.5. The topological polar surface area (TPSA) is 82.7 Å². The Morgan fingerprint density at radius 1 is 0.703 bits per heavy atom. The number of hydrogen-bond donors (Lipinski definition) is 4. The van der Waals surface area contributed by atoms with Crippen molar-refractivity contribution in [3.63, 3.8) is 0 Å². The predicted octanol–water partition coefficient (Wildman–Crippen LogP) is 5.07. The number of hydrogen-bond acceptors (Lipinski definition) is 5. The summed E-state index contributed by atoms with van der Waals surface area (Å²) in [5.41, 5.74) is 0.932. The Labute approximate surface area is 219 Å². The van der Waals surface area contributed by atoms with Gasteiger partial charge < -0.3 is 15.4 Å². The molecule has 15 heteroatoms. The van der Waals surface area contributed by atoms with Crippen molar-refractivity contribution in [2.24, 2.45) is 20.4 Å². The molecule has 0 bridgehead atoms. The number of benzene rings is 2. The molecule has 0 aromatic heterocycles. The minimum absolute atomic E-state index is 0.0373. The zero-order valence-corrected chi connectivity index (χ0v) is 21.0. The summed E-state index contributed by atoms with van der Waals surface area (Å²) >= 11 is 7.76. The zero-order chi connectivity index (χ0) is 27.5. The van der Waals surface area contributed by atoms with Crippen molar-refractivity contribution < 1.29 is 31.1 Å². The van der Waals surface area contributed by atoms with Crippen molar-refractivity contribution in [2.75, 3.05) is 19.7 Å². The lowest BCUT2D eigenvalue weighted by Crippen LogP contribution is -2.31. The number of rotatable bonds is 9. The van der Waals surface area contributed by atoms with Gasteiger partial charge in [0.15, 0.2) is 10.3 Å². The van der Waals surface area contributed by atoms with Crippen molar-refractivity contribution in [3.05, 3.63) is 65.7 Å². The second kappa shape index (κ2) is 13.9. The second-order valence-electron chi connectivity index (χ2n) is 7.01. The van der Waals surface area contributed by atoms with E-state index in [2.05, 4.69) is 45.7 Å². The van der Waals surface area contributed by atoms with Crippen LogP contribution in [0.25, 0.3) is 0 Å². The highest BCUT2D eigenvalue weighted by molar-refractivity contribution is 7.97. The first-order valence-corrected chi connectivity index (χ1v) is 11.4. The van der Waals surface area contributed by atoms with E-state index < -0.39 is 35.8 Å². The molecule has 2 rings (SSSR count). The van der Waals surface area contributed by atoms with Crippen molar-refractivity contribution >= 4 is 47.0 Å². The Kier molecular flexibility index (Phi) is 11.3. The van der Waals surface area contributed by atoms with Crippen LogP contribution in [0.5, 0.6) is 5.75 Å². The summed E-state index contributed by atoms with van der Waals surface area (Å²) in [5.74, 6) is 0.543. The number of amidine groups is 2. The first kappa shape index (κ1) is 30.0. The minimum Gasteiger partial charge on any atom is -0.494 e. The predicted molar refractivity (Wildman–Crippen MR) is 138 cm³/mol.